The summed E-state index contributed by atoms with van der Waals surface area (Å²) in [7, 11) is 0. The SMILES string of the molecule is O=C(CCCc1cccs1)NCCCSc1nccs1. The molecule has 1 N–H and O–H groups in total. The summed E-state index contributed by atoms with van der Waals surface area (Å²) in [6.45, 7) is 0.760. The van der Waals surface area contributed by atoms with Crippen molar-refractivity contribution in [2.24, 2.45) is 0 Å². The van der Waals surface area contributed by atoms with Crippen LogP contribution in [0.15, 0.2) is 33.4 Å². The van der Waals surface area contributed by atoms with Crippen LogP contribution < -0.4 is 5.32 Å². The largest absolute Gasteiger partial charge is 0.356 e. The predicted molar refractivity (Wildman–Crippen MR) is 87.7 cm³/mol. The van der Waals surface area contributed by atoms with Crippen molar-refractivity contribution in [3.05, 3.63) is 34.0 Å². The number of thioether (sulfide) groups is 1. The van der Waals surface area contributed by atoms with E-state index in [0.717, 1.165) is 35.9 Å². The Balaban J connectivity index is 1.45. The number of nitrogens with one attached hydrogen (secondary N) is 1. The van der Waals surface area contributed by atoms with Crippen LogP contribution in [-0.2, 0) is 11.2 Å². The summed E-state index contributed by atoms with van der Waals surface area (Å²) in [5.41, 5.74) is 0. The fourth-order valence-corrected chi connectivity index (χ4v) is 4.11. The number of rotatable bonds is 9. The minimum absolute atomic E-state index is 0.167. The molecule has 2 aromatic heterocycles. The Morgan fingerprint density at radius 3 is 3.00 bits per heavy atom. The highest BCUT2D eigenvalue weighted by molar-refractivity contribution is 8.00. The van der Waals surface area contributed by atoms with Crippen molar-refractivity contribution < 1.29 is 4.79 Å². The molecule has 0 aliphatic heterocycles. The molecule has 3 nitrogen and oxygen atoms in total. The van der Waals surface area contributed by atoms with E-state index in [-0.39, 0.29) is 5.91 Å². The number of thiophene rings is 1. The highest BCUT2D eigenvalue weighted by atomic mass is 32.2. The number of nitrogens with zero attached hydrogens (tertiary/aromatic N) is 1. The summed E-state index contributed by atoms with van der Waals surface area (Å²) in [5, 5.41) is 7.04. The normalized spacial score (nSPS) is 10.6. The van der Waals surface area contributed by atoms with Crippen LogP contribution >= 0.6 is 34.4 Å². The van der Waals surface area contributed by atoms with Crippen LogP contribution in [0.2, 0.25) is 0 Å². The first kappa shape index (κ1) is 15.5. The van der Waals surface area contributed by atoms with Gasteiger partial charge in [-0.1, -0.05) is 17.8 Å². The van der Waals surface area contributed by atoms with Crippen LogP contribution in [0.4, 0.5) is 0 Å². The summed E-state index contributed by atoms with van der Waals surface area (Å²) in [6, 6.07) is 4.18. The standard InChI is InChI=1S/C14H18N2OS3/c17-13(6-1-4-12-5-2-9-18-12)15-7-3-10-19-14-16-8-11-20-14/h2,5,8-9,11H,1,3-4,6-7,10H2,(H,15,17). The Labute approximate surface area is 131 Å². The predicted octanol–water partition coefficient (Wildman–Crippen LogP) is 3.83. The van der Waals surface area contributed by atoms with Crippen molar-refractivity contribution in [2.45, 2.75) is 30.0 Å². The van der Waals surface area contributed by atoms with E-state index in [9.17, 15) is 4.79 Å². The van der Waals surface area contributed by atoms with E-state index in [0.29, 0.717) is 6.42 Å². The van der Waals surface area contributed by atoms with Crippen LogP contribution in [0.5, 0.6) is 0 Å². The number of amides is 1. The summed E-state index contributed by atoms with van der Waals surface area (Å²) in [4.78, 5) is 17.2. The first-order valence-corrected chi connectivity index (χ1v) is 9.40. The molecule has 6 heteroatoms. The van der Waals surface area contributed by atoms with Gasteiger partial charge in [-0.05, 0) is 30.7 Å². The lowest BCUT2D eigenvalue weighted by Crippen LogP contribution is -2.24. The molecular formula is C14H18N2OS3. The number of hydrogen-bond donors (Lipinski definition) is 1. The van der Waals surface area contributed by atoms with E-state index in [2.05, 4.69) is 27.8 Å². The molecule has 0 bridgehead atoms. The Morgan fingerprint density at radius 1 is 1.30 bits per heavy atom. The Hall–Kier alpha value is -0.850. The maximum absolute atomic E-state index is 11.6. The second-order valence-corrected chi connectivity index (χ2v) is 7.55. The van der Waals surface area contributed by atoms with Gasteiger partial charge in [0.05, 0.1) is 0 Å². The Kier molecular flexibility index (Phi) is 7.11. The minimum atomic E-state index is 0.167. The van der Waals surface area contributed by atoms with E-state index >= 15 is 0 Å². The molecule has 108 valence electrons. The number of carbonyl (C=O) groups is 1. The molecule has 0 radical (unpaired) electrons. The zero-order valence-electron chi connectivity index (χ0n) is 11.2. The lowest BCUT2D eigenvalue weighted by molar-refractivity contribution is -0.121. The second-order valence-electron chi connectivity index (χ2n) is 4.28. The number of hydrogen-bond acceptors (Lipinski definition) is 5. The lowest BCUT2D eigenvalue weighted by atomic mass is 10.2. The molecular weight excluding hydrogens is 308 g/mol. The molecule has 2 heterocycles. The third-order valence-electron chi connectivity index (χ3n) is 2.69. The van der Waals surface area contributed by atoms with Crippen molar-refractivity contribution in [3.8, 4) is 0 Å². The van der Waals surface area contributed by atoms with Gasteiger partial charge in [0.2, 0.25) is 5.91 Å². The van der Waals surface area contributed by atoms with Crippen molar-refractivity contribution in [3.63, 3.8) is 0 Å². The van der Waals surface area contributed by atoms with Gasteiger partial charge < -0.3 is 5.32 Å². The summed E-state index contributed by atoms with van der Waals surface area (Å²) >= 11 is 5.17. The number of carbonyl (C=O) groups excluding carboxylic acids is 1. The van der Waals surface area contributed by atoms with Gasteiger partial charge in [-0.3, -0.25) is 4.79 Å². The summed E-state index contributed by atoms with van der Waals surface area (Å²) in [6.07, 6.45) is 5.37. The fraction of sp³-hybridized carbons (Fsp3) is 0.429. The van der Waals surface area contributed by atoms with Crippen molar-refractivity contribution >= 4 is 40.3 Å². The highest BCUT2D eigenvalue weighted by Crippen LogP contribution is 2.20. The van der Waals surface area contributed by atoms with Gasteiger partial charge in [-0.2, -0.15) is 0 Å². The Bertz CT molecular complexity index is 483. The van der Waals surface area contributed by atoms with Crippen LogP contribution in [0.25, 0.3) is 0 Å². The number of aryl methyl sites for hydroxylation is 1. The van der Waals surface area contributed by atoms with Gasteiger partial charge in [0.1, 0.15) is 4.34 Å². The van der Waals surface area contributed by atoms with Crippen molar-refractivity contribution in [1.82, 2.24) is 10.3 Å². The average molecular weight is 327 g/mol. The summed E-state index contributed by atoms with van der Waals surface area (Å²) < 4.78 is 1.10. The van der Waals surface area contributed by atoms with E-state index in [4.69, 9.17) is 0 Å². The Morgan fingerprint density at radius 2 is 2.25 bits per heavy atom. The lowest BCUT2D eigenvalue weighted by Gasteiger charge is -2.04. The molecule has 0 aliphatic carbocycles. The van der Waals surface area contributed by atoms with Gasteiger partial charge in [0.25, 0.3) is 0 Å². The topological polar surface area (TPSA) is 42.0 Å². The molecule has 1 amide bonds. The van der Waals surface area contributed by atoms with Crippen LogP contribution in [0.3, 0.4) is 0 Å². The smallest absolute Gasteiger partial charge is 0.220 e. The molecule has 0 unspecified atom stereocenters. The molecule has 2 rings (SSSR count). The number of thiazole rings is 1. The quantitative estimate of drug-likeness (QED) is 0.562. The van der Waals surface area contributed by atoms with Gasteiger partial charge in [-0.25, -0.2) is 4.98 Å². The third kappa shape index (κ3) is 6.07. The molecule has 0 fully saturated rings. The zero-order chi connectivity index (χ0) is 14.0. The fourth-order valence-electron chi connectivity index (χ4n) is 1.71. The maximum atomic E-state index is 11.6. The van der Waals surface area contributed by atoms with Crippen LogP contribution in [0.1, 0.15) is 24.1 Å². The van der Waals surface area contributed by atoms with E-state index in [1.807, 2.05) is 11.6 Å². The highest BCUT2D eigenvalue weighted by Gasteiger charge is 2.02. The molecule has 0 aliphatic rings. The first-order chi connectivity index (χ1) is 9.84. The van der Waals surface area contributed by atoms with E-state index in [1.165, 1.54) is 4.88 Å². The maximum Gasteiger partial charge on any atom is 0.220 e. The van der Waals surface area contributed by atoms with Gasteiger partial charge >= 0.3 is 0 Å². The van der Waals surface area contributed by atoms with Gasteiger partial charge in [-0.15, -0.1) is 22.7 Å². The molecule has 2 aromatic rings. The van der Waals surface area contributed by atoms with Gasteiger partial charge in [0, 0.05) is 35.2 Å². The molecule has 20 heavy (non-hydrogen) atoms. The monoisotopic (exact) mass is 326 g/mol. The summed E-state index contributed by atoms with van der Waals surface area (Å²) in [5.74, 6) is 1.17. The average Bonchev–Trinajstić information content (AvgIpc) is 3.11. The zero-order valence-corrected chi connectivity index (χ0v) is 13.7. The minimum Gasteiger partial charge on any atom is -0.356 e. The van der Waals surface area contributed by atoms with Crippen molar-refractivity contribution in [1.29, 1.82) is 0 Å². The molecule has 0 atom stereocenters. The number of aromatic nitrogens is 1. The molecule has 0 saturated carbocycles. The molecule has 0 aromatic carbocycles. The van der Waals surface area contributed by atoms with E-state index in [1.54, 1.807) is 34.4 Å². The van der Waals surface area contributed by atoms with Crippen LogP contribution in [-0.4, -0.2) is 23.2 Å². The van der Waals surface area contributed by atoms with Crippen LogP contribution in [0, 0.1) is 0 Å². The van der Waals surface area contributed by atoms with E-state index < -0.39 is 0 Å². The van der Waals surface area contributed by atoms with Crippen molar-refractivity contribution in [2.75, 3.05) is 12.3 Å². The molecule has 0 spiro atoms. The first-order valence-electron chi connectivity index (χ1n) is 6.66. The molecule has 0 saturated heterocycles. The van der Waals surface area contributed by atoms with Gasteiger partial charge in [0.15, 0.2) is 0 Å². The third-order valence-corrected chi connectivity index (χ3v) is 5.67. The second kappa shape index (κ2) is 9.15.